The van der Waals surface area contributed by atoms with Crippen LogP contribution in [0.1, 0.15) is 132 Å². The van der Waals surface area contributed by atoms with Crippen LogP contribution in [0, 0.1) is 142 Å². The summed E-state index contributed by atoms with van der Waals surface area (Å²) in [4.78, 5) is 12.6. The van der Waals surface area contributed by atoms with Gasteiger partial charge in [-0.25, -0.2) is 0 Å². The molecule has 346 valence electrons. The third-order valence-corrected chi connectivity index (χ3v) is 8.04. The summed E-state index contributed by atoms with van der Waals surface area (Å²) >= 11 is 0. The number of carbonyl (C=O) groups is 1. The van der Waals surface area contributed by atoms with Gasteiger partial charge in [0.2, 0.25) is 0 Å². The van der Waals surface area contributed by atoms with Gasteiger partial charge in [-0.3, -0.25) is 4.79 Å². The highest BCUT2D eigenvalue weighted by Crippen LogP contribution is 2.22. The fourth-order valence-corrected chi connectivity index (χ4v) is 5.03. The molecule has 58 heavy (non-hydrogen) atoms. The molecule has 1 amide bonds. The average Bonchev–Trinajstić information content (AvgIpc) is 3.22. The van der Waals surface area contributed by atoms with E-state index in [0.717, 1.165) is 19.3 Å². The Labute approximate surface area is 381 Å². The summed E-state index contributed by atoms with van der Waals surface area (Å²) in [5, 5.41) is 53.6. The Bertz CT molecular complexity index is 2160. The fourth-order valence-electron chi connectivity index (χ4n) is 5.03. The quantitative estimate of drug-likeness (QED) is 0.0574. The van der Waals surface area contributed by atoms with Gasteiger partial charge in [-0.2, -0.15) is 0 Å². The van der Waals surface area contributed by atoms with Crippen molar-refractivity contribution in [1.82, 2.24) is 5.32 Å². The Morgan fingerprint density at radius 1 is 0.603 bits per heavy atom. The second-order valence-corrected chi connectivity index (χ2v) is 12.5. The van der Waals surface area contributed by atoms with E-state index >= 15 is 0 Å². The van der Waals surface area contributed by atoms with Crippen LogP contribution in [-0.4, -0.2) is 87.5 Å². The molecule has 0 aromatic rings. The topological polar surface area (TPSA) is 149 Å². The molecule has 7 atom stereocenters. The molecule has 0 bridgehead atoms. The lowest BCUT2D eigenvalue weighted by atomic mass is 9.99. The summed E-state index contributed by atoms with van der Waals surface area (Å²) in [7, 11) is 0. The van der Waals surface area contributed by atoms with Gasteiger partial charge in [0.15, 0.2) is 6.29 Å². The summed E-state index contributed by atoms with van der Waals surface area (Å²) in [5.41, 5.74) is 0. The SMILES string of the molecule is CC#CC#CC#CC#CC#CC#CC#CC#CC#CC#CC#CC#CC(=O)N[C@@H](CO[C@H]1OC(CO)[C@H](O)[C@H](O)C1O)[C@H](O)CCCCCCCCCCCCCC.[HH].[HH].[HH].[HH].[HH].[HH].[HH].[HH].[HH].[HH].[HH].[HH].[HH].[HH].[HH].[HH].[HH].[HH].[HH].[HH].[HH].[HH].[HH].[HH]. The fraction of sp³-hybridized carbons (Fsp3) is 0.490. The van der Waals surface area contributed by atoms with E-state index in [-0.39, 0.29) is 40.8 Å². The van der Waals surface area contributed by atoms with Gasteiger partial charge in [-0.15, -0.1) is 0 Å². The second-order valence-electron chi connectivity index (χ2n) is 12.5. The van der Waals surface area contributed by atoms with Crippen molar-refractivity contribution in [3.63, 3.8) is 0 Å². The van der Waals surface area contributed by atoms with Crippen molar-refractivity contribution in [2.75, 3.05) is 13.2 Å². The van der Waals surface area contributed by atoms with E-state index in [1.165, 1.54) is 51.4 Å². The third-order valence-electron chi connectivity index (χ3n) is 8.04. The van der Waals surface area contributed by atoms with Crippen LogP contribution in [0.5, 0.6) is 0 Å². The van der Waals surface area contributed by atoms with Crippen LogP contribution < -0.4 is 5.32 Å². The van der Waals surface area contributed by atoms with Crippen molar-refractivity contribution in [3.8, 4) is 142 Å². The van der Waals surface area contributed by atoms with Crippen molar-refractivity contribution < 1.29 is 74.0 Å². The first-order chi connectivity index (χ1) is 28.3. The number of aliphatic hydroxyl groups excluding tert-OH is 5. The number of ether oxygens (including phenoxy) is 2. The highest BCUT2D eigenvalue weighted by atomic mass is 16.7. The molecule has 1 fully saturated rings. The number of hydrogen-bond acceptors (Lipinski definition) is 8. The lowest BCUT2D eigenvalue weighted by Crippen LogP contribution is -2.60. The molecule has 0 aromatic carbocycles. The highest BCUT2D eigenvalue weighted by molar-refractivity contribution is 5.94. The molecule has 0 radical (unpaired) electrons. The molecule has 1 rings (SSSR count). The highest BCUT2D eigenvalue weighted by Gasteiger charge is 2.44. The molecule has 1 heterocycles. The van der Waals surface area contributed by atoms with Gasteiger partial charge >= 0.3 is 0 Å². The summed E-state index contributed by atoms with van der Waals surface area (Å²) in [5.74, 6) is 58.9. The minimum Gasteiger partial charge on any atom is -0.394 e. The van der Waals surface area contributed by atoms with Crippen molar-refractivity contribution in [2.45, 2.75) is 140 Å². The number of rotatable bonds is 19. The summed E-state index contributed by atoms with van der Waals surface area (Å²) in [6, 6.07) is -0.958. The van der Waals surface area contributed by atoms with Crippen LogP contribution in [0.4, 0.5) is 0 Å². The number of unbranched alkanes of at least 4 members (excludes halogenated alkanes) is 11. The molecular formula is C49H97NO8. The number of aliphatic hydroxyl groups is 5. The smallest absolute Gasteiger partial charge is 0.297 e. The maximum atomic E-state index is 12.6. The van der Waals surface area contributed by atoms with Gasteiger partial charge in [-0.1, -0.05) is 89.9 Å². The molecule has 0 saturated carbocycles. The van der Waals surface area contributed by atoms with Crippen LogP contribution in [0.25, 0.3) is 0 Å². The molecule has 0 aliphatic carbocycles. The third kappa shape index (κ3) is 25.9. The molecule has 0 aromatic heterocycles. The monoisotopic (exact) mass is 828 g/mol. The molecule has 9 nitrogen and oxygen atoms in total. The Morgan fingerprint density at radius 2 is 1.00 bits per heavy atom. The van der Waals surface area contributed by atoms with Gasteiger partial charge < -0.3 is 40.3 Å². The predicted molar refractivity (Wildman–Crippen MR) is 273 cm³/mol. The van der Waals surface area contributed by atoms with E-state index in [2.05, 4.69) is 154 Å². The van der Waals surface area contributed by atoms with E-state index in [0.29, 0.717) is 12.8 Å². The Kier molecular flexibility index (Phi) is 30.4. The van der Waals surface area contributed by atoms with Crippen molar-refractivity contribution in [2.24, 2.45) is 0 Å². The second kappa shape index (κ2) is 35.3. The number of amides is 1. The number of hydrogen-bond donors (Lipinski definition) is 6. The maximum absolute atomic E-state index is 12.6. The molecular weight excluding hydrogens is 731 g/mol. The van der Waals surface area contributed by atoms with E-state index in [9.17, 15) is 30.3 Å². The van der Waals surface area contributed by atoms with Crippen LogP contribution in [0.2, 0.25) is 0 Å². The predicted octanol–water partition coefficient (Wildman–Crippen LogP) is 7.70. The average molecular weight is 828 g/mol. The molecule has 2 unspecified atom stereocenters. The van der Waals surface area contributed by atoms with Gasteiger partial charge in [0.25, 0.3) is 5.91 Å². The minimum atomic E-state index is -1.63. The van der Waals surface area contributed by atoms with Gasteiger partial charge in [-0.05, 0) is 108 Å². The zero-order chi connectivity index (χ0) is 42.3. The standard InChI is InChI=1S/C49H49NO8.24H2/c1-3-5-7-9-11-13-15-17-18-19-20-21-22-23-24-25-26-27-29-31-33-35-37-39-45(53)50-42(41-57-49-48(56)47(55)46(54)44(40-51)58-49)43(52)38-36-34-32-30-28-16-14-12-10-8-6-4-2;;;;;;;;;;;;;;;;;;;;;;;;/h42-44,46-49,51-52,54-56H,4,6,8,10,12,14,16,28,30,32,34,36,38,40-41H2,1-2H3,(H,50,53);24*1H/t42-,43+,44?,46-,47-,48?,49-;;;;;;;;;;;;;;;;;;;;;;;;/m0......................../s1. The summed E-state index contributed by atoms with van der Waals surface area (Å²) < 4.78 is 11.0. The minimum absolute atomic E-state index is 0. The normalized spacial score (nSPS) is 17.4. The first kappa shape index (κ1) is 49.9. The van der Waals surface area contributed by atoms with Crippen LogP contribution >= 0.6 is 0 Å². The van der Waals surface area contributed by atoms with Crippen LogP contribution in [0.15, 0.2) is 0 Å². The molecule has 0 spiro atoms. The van der Waals surface area contributed by atoms with Crippen LogP contribution in [0.3, 0.4) is 0 Å². The summed E-state index contributed by atoms with van der Waals surface area (Å²) in [6.45, 7) is 2.96. The van der Waals surface area contributed by atoms with Gasteiger partial charge in [0.05, 0.1) is 25.4 Å². The Balaban J connectivity index is -0.0000000637. The number of nitrogens with one attached hydrogen (secondary N) is 1. The Hall–Kier alpha value is -6.09. The van der Waals surface area contributed by atoms with E-state index in [4.69, 9.17) is 9.47 Å². The van der Waals surface area contributed by atoms with Gasteiger partial charge in [0, 0.05) is 75.7 Å². The molecule has 1 saturated heterocycles. The van der Waals surface area contributed by atoms with Crippen molar-refractivity contribution in [1.29, 1.82) is 0 Å². The van der Waals surface area contributed by atoms with Gasteiger partial charge in [0.1, 0.15) is 24.4 Å². The zero-order valence-electron chi connectivity index (χ0n) is 33.1. The molecule has 1 aliphatic heterocycles. The molecule has 9 heteroatoms. The van der Waals surface area contributed by atoms with Crippen molar-refractivity contribution in [3.05, 3.63) is 0 Å². The zero-order valence-corrected chi connectivity index (χ0v) is 33.1. The lowest BCUT2D eigenvalue weighted by molar-refractivity contribution is -0.302. The number of carbonyl (C=O) groups excluding carboxylic acids is 1. The van der Waals surface area contributed by atoms with Crippen LogP contribution in [-0.2, 0) is 14.3 Å². The largest absolute Gasteiger partial charge is 0.394 e. The first-order valence-corrected chi connectivity index (χ1v) is 19.2. The molecule has 1 aliphatic rings. The van der Waals surface area contributed by atoms with E-state index in [1.54, 1.807) is 6.92 Å². The van der Waals surface area contributed by atoms with E-state index < -0.39 is 55.4 Å². The lowest BCUT2D eigenvalue weighted by Gasteiger charge is -2.40. The Morgan fingerprint density at radius 3 is 1.41 bits per heavy atom. The van der Waals surface area contributed by atoms with E-state index in [1.807, 2.05) is 0 Å². The maximum Gasteiger partial charge on any atom is 0.297 e. The first-order valence-electron chi connectivity index (χ1n) is 19.2. The summed E-state index contributed by atoms with van der Waals surface area (Å²) in [6.07, 6.45) is 5.87. The van der Waals surface area contributed by atoms with Crippen molar-refractivity contribution >= 4 is 5.91 Å². The molecule has 6 N–H and O–H groups in total.